The highest BCUT2D eigenvalue weighted by molar-refractivity contribution is 6.37. The average molecular weight is 339 g/mol. The first kappa shape index (κ1) is 16.5. The summed E-state index contributed by atoms with van der Waals surface area (Å²) in [5.74, 6) is 0.303. The number of rotatable bonds is 5. The molecule has 2 aromatic rings. The van der Waals surface area contributed by atoms with Crippen molar-refractivity contribution in [3.8, 4) is 5.69 Å². The third-order valence-electron chi connectivity index (χ3n) is 2.95. The first-order valence-electron chi connectivity index (χ1n) is 6.82. The Hall–Kier alpha value is -1.85. The van der Waals surface area contributed by atoms with Gasteiger partial charge in [0.25, 0.3) is 5.91 Å². The summed E-state index contributed by atoms with van der Waals surface area (Å²) in [5.41, 5.74) is 0.517. The lowest BCUT2D eigenvalue weighted by molar-refractivity contribution is 0.0944. The second kappa shape index (κ2) is 7.42. The van der Waals surface area contributed by atoms with E-state index in [9.17, 15) is 4.79 Å². The molecule has 0 unspecified atom stereocenters. The molecule has 0 aliphatic heterocycles. The maximum Gasteiger partial charge on any atom is 0.290 e. The number of nitrogens with one attached hydrogen (secondary N) is 1. The fourth-order valence-electron chi connectivity index (χ4n) is 1.90. The van der Waals surface area contributed by atoms with E-state index in [2.05, 4.69) is 15.4 Å². The predicted octanol–water partition coefficient (Wildman–Crippen LogP) is 3.58. The summed E-state index contributed by atoms with van der Waals surface area (Å²) in [7, 11) is 0. The van der Waals surface area contributed by atoms with Crippen LogP contribution in [0, 0.1) is 6.92 Å². The van der Waals surface area contributed by atoms with Gasteiger partial charge in [0.15, 0.2) is 0 Å². The van der Waals surface area contributed by atoms with Gasteiger partial charge in [-0.1, -0.05) is 41.4 Å². The Morgan fingerprint density at radius 3 is 2.68 bits per heavy atom. The normalized spacial score (nSPS) is 11.1. The summed E-state index contributed by atoms with van der Waals surface area (Å²) in [6.45, 7) is 4.20. The Morgan fingerprint density at radius 1 is 1.36 bits per heavy atom. The molecule has 1 heterocycles. The summed E-state index contributed by atoms with van der Waals surface area (Å²) < 4.78 is 1.48. The number of nitrogens with zero attached hydrogens (tertiary/aromatic N) is 3. The zero-order valence-electron chi connectivity index (χ0n) is 12.3. The minimum absolute atomic E-state index is 0.0916. The quantitative estimate of drug-likeness (QED) is 0.669. The number of para-hydroxylation sites is 1. The third kappa shape index (κ3) is 3.67. The van der Waals surface area contributed by atoms with Crippen LogP contribution in [0.2, 0.25) is 10.0 Å². The highest BCUT2D eigenvalue weighted by atomic mass is 35.5. The van der Waals surface area contributed by atoms with Gasteiger partial charge in [0.05, 0.1) is 10.0 Å². The van der Waals surface area contributed by atoms with E-state index in [1.54, 1.807) is 25.1 Å². The van der Waals surface area contributed by atoms with Gasteiger partial charge in [-0.3, -0.25) is 4.79 Å². The molecule has 0 saturated carbocycles. The lowest BCUT2D eigenvalue weighted by atomic mass is 10.3. The maximum absolute atomic E-state index is 12.0. The molecule has 0 bridgehead atoms. The number of amides is 1. The van der Waals surface area contributed by atoms with Crippen LogP contribution in [0.15, 0.2) is 30.4 Å². The number of allylic oxidation sites excluding steroid dienone is 1. The second-order valence-electron chi connectivity index (χ2n) is 4.58. The van der Waals surface area contributed by atoms with Crippen molar-refractivity contribution in [3.05, 3.63) is 52.0 Å². The minimum Gasteiger partial charge on any atom is -0.349 e. The van der Waals surface area contributed by atoms with Crippen molar-refractivity contribution in [1.29, 1.82) is 0 Å². The van der Waals surface area contributed by atoms with Crippen molar-refractivity contribution in [1.82, 2.24) is 20.1 Å². The number of carbonyl (C=O) groups excluding carboxylic acids is 1. The molecule has 0 aliphatic rings. The van der Waals surface area contributed by atoms with Gasteiger partial charge < -0.3 is 5.32 Å². The Labute approximate surface area is 138 Å². The lowest BCUT2D eigenvalue weighted by Gasteiger charge is -2.07. The number of aryl methyl sites for hydroxylation is 1. The standard InChI is InChI=1S/C15H16Cl2N4O/c1-3-4-5-9-18-15(22)14-19-10(2)21(20-14)13-11(16)7-6-8-12(13)17/h3-4,6-8H,5,9H2,1-2H3,(H,18,22)/b4-3+. The summed E-state index contributed by atoms with van der Waals surface area (Å²) in [5, 5.41) is 7.86. The fraction of sp³-hybridized carbons (Fsp3) is 0.267. The molecule has 22 heavy (non-hydrogen) atoms. The van der Waals surface area contributed by atoms with Gasteiger partial charge in [0.2, 0.25) is 5.82 Å². The van der Waals surface area contributed by atoms with Gasteiger partial charge in [0.1, 0.15) is 11.5 Å². The van der Waals surface area contributed by atoms with Gasteiger partial charge in [-0.15, -0.1) is 5.10 Å². The number of benzene rings is 1. The Balaban J connectivity index is 2.23. The van der Waals surface area contributed by atoms with Crippen LogP contribution in [0.4, 0.5) is 0 Å². The summed E-state index contributed by atoms with van der Waals surface area (Å²) >= 11 is 12.3. The molecule has 0 spiro atoms. The number of halogens is 2. The number of carbonyl (C=O) groups is 1. The molecule has 1 amide bonds. The predicted molar refractivity (Wildman–Crippen MR) is 87.9 cm³/mol. The second-order valence-corrected chi connectivity index (χ2v) is 5.39. The molecule has 0 saturated heterocycles. The molecule has 0 fully saturated rings. The van der Waals surface area contributed by atoms with Crippen LogP contribution in [0.5, 0.6) is 0 Å². The molecule has 5 nitrogen and oxygen atoms in total. The van der Waals surface area contributed by atoms with Gasteiger partial charge in [0, 0.05) is 6.54 Å². The molecular formula is C15H16Cl2N4O. The van der Waals surface area contributed by atoms with Crippen LogP contribution >= 0.6 is 23.2 Å². The smallest absolute Gasteiger partial charge is 0.290 e. The summed E-state index contributed by atoms with van der Waals surface area (Å²) in [6, 6.07) is 5.16. The van der Waals surface area contributed by atoms with E-state index in [4.69, 9.17) is 23.2 Å². The summed E-state index contributed by atoms with van der Waals surface area (Å²) in [4.78, 5) is 16.2. The molecule has 2 rings (SSSR count). The van der Waals surface area contributed by atoms with E-state index in [1.807, 2.05) is 19.1 Å². The molecule has 1 aromatic heterocycles. The number of hydrogen-bond acceptors (Lipinski definition) is 3. The van der Waals surface area contributed by atoms with E-state index in [0.29, 0.717) is 28.1 Å². The van der Waals surface area contributed by atoms with Gasteiger partial charge in [-0.25, -0.2) is 9.67 Å². The van der Waals surface area contributed by atoms with E-state index in [-0.39, 0.29) is 11.7 Å². The molecule has 0 radical (unpaired) electrons. The molecular weight excluding hydrogens is 323 g/mol. The van der Waals surface area contributed by atoms with Gasteiger partial charge >= 0.3 is 0 Å². The first-order chi connectivity index (χ1) is 10.5. The van der Waals surface area contributed by atoms with Crippen molar-refractivity contribution in [2.75, 3.05) is 6.54 Å². The molecule has 0 atom stereocenters. The van der Waals surface area contributed by atoms with E-state index < -0.39 is 0 Å². The minimum atomic E-state index is -0.325. The third-order valence-corrected chi connectivity index (χ3v) is 3.56. The SMILES string of the molecule is C/C=C/CCNC(=O)c1nc(C)n(-c2c(Cl)cccc2Cl)n1. The van der Waals surface area contributed by atoms with Crippen LogP contribution in [-0.2, 0) is 0 Å². The Bertz CT molecular complexity index is 689. The van der Waals surface area contributed by atoms with E-state index in [0.717, 1.165) is 6.42 Å². The molecule has 116 valence electrons. The Kier molecular flexibility index (Phi) is 5.57. The maximum atomic E-state index is 12.0. The molecule has 7 heteroatoms. The Morgan fingerprint density at radius 2 is 2.05 bits per heavy atom. The molecule has 0 aliphatic carbocycles. The summed E-state index contributed by atoms with van der Waals surface area (Å²) in [6.07, 6.45) is 4.67. The van der Waals surface area contributed by atoms with Gasteiger partial charge in [-0.05, 0) is 32.4 Å². The van der Waals surface area contributed by atoms with Crippen LogP contribution in [-0.4, -0.2) is 27.2 Å². The lowest BCUT2D eigenvalue weighted by Crippen LogP contribution is -2.25. The van der Waals surface area contributed by atoms with E-state index >= 15 is 0 Å². The van der Waals surface area contributed by atoms with Crippen molar-refractivity contribution in [3.63, 3.8) is 0 Å². The average Bonchev–Trinajstić information content (AvgIpc) is 2.85. The highest BCUT2D eigenvalue weighted by Crippen LogP contribution is 2.28. The van der Waals surface area contributed by atoms with Crippen LogP contribution in [0.3, 0.4) is 0 Å². The van der Waals surface area contributed by atoms with Gasteiger partial charge in [-0.2, -0.15) is 0 Å². The number of hydrogen-bond donors (Lipinski definition) is 1. The first-order valence-corrected chi connectivity index (χ1v) is 7.57. The van der Waals surface area contributed by atoms with Crippen LogP contribution in [0.1, 0.15) is 29.8 Å². The topological polar surface area (TPSA) is 59.8 Å². The molecule has 1 aromatic carbocycles. The fourth-order valence-corrected chi connectivity index (χ4v) is 2.46. The molecule has 1 N–H and O–H groups in total. The zero-order chi connectivity index (χ0) is 16.1. The van der Waals surface area contributed by atoms with Crippen LogP contribution in [0.25, 0.3) is 5.69 Å². The van der Waals surface area contributed by atoms with Crippen molar-refractivity contribution >= 4 is 29.1 Å². The zero-order valence-corrected chi connectivity index (χ0v) is 13.8. The van der Waals surface area contributed by atoms with Crippen molar-refractivity contribution in [2.45, 2.75) is 20.3 Å². The van der Waals surface area contributed by atoms with Crippen LogP contribution < -0.4 is 5.32 Å². The van der Waals surface area contributed by atoms with Crippen molar-refractivity contribution in [2.24, 2.45) is 0 Å². The largest absolute Gasteiger partial charge is 0.349 e. The highest BCUT2D eigenvalue weighted by Gasteiger charge is 2.17. The number of aromatic nitrogens is 3. The van der Waals surface area contributed by atoms with E-state index in [1.165, 1.54) is 4.68 Å². The van der Waals surface area contributed by atoms with Crippen molar-refractivity contribution < 1.29 is 4.79 Å². The monoisotopic (exact) mass is 338 g/mol.